The topological polar surface area (TPSA) is 37.4 Å². The molecule has 3 nitrogen and oxygen atoms in total. The predicted molar refractivity (Wildman–Crippen MR) is 113 cm³/mol. The smallest absolute Gasteiger partial charge is 0.207 e. The normalized spacial score (nSPS) is 17.3. The van der Waals surface area contributed by atoms with Gasteiger partial charge in [0.25, 0.3) is 0 Å². The van der Waals surface area contributed by atoms with Gasteiger partial charge in [-0.05, 0) is 55.2 Å². The highest BCUT2D eigenvalue weighted by atomic mass is 35.5. The zero-order chi connectivity index (χ0) is 19.9. The summed E-state index contributed by atoms with van der Waals surface area (Å²) >= 11 is 6.52. The van der Waals surface area contributed by atoms with Gasteiger partial charge in [-0.1, -0.05) is 71.3 Å². The maximum atomic E-state index is 13.6. The van der Waals surface area contributed by atoms with Crippen molar-refractivity contribution < 1.29 is 8.42 Å². The Labute approximate surface area is 171 Å². The van der Waals surface area contributed by atoms with Crippen LogP contribution in [0.15, 0.2) is 71.6 Å². The molecule has 0 N–H and O–H groups in total. The molecule has 0 bridgehead atoms. The second kappa shape index (κ2) is 7.36. The lowest BCUT2D eigenvalue weighted by Crippen LogP contribution is -2.40. The molecule has 0 aliphatic carbocycles. The van der Waals surface area contributed by atoms with E-state index in [4.69, 9.17) is 11.6 Å². The molecule has 144 valence electrons. The number of fused-ring (bicyclic) bond motifs is 1. The number of aryl methyl sites for hydroxylation is 2. The van der Waals surface area contributed by atoms with E-state index in [-0.39, 0.29) is 0 Å². The number of benzene rings is 3. The van der Waals surface area contributed by atoms with Crippen molar-refractivity contribution in [2.75, 3.05) is 6.54 Å². The van der Waals surface area contributed by atoms with E-state index in [0.29, 0.717) is 22.9 Å². The van der Waals surface area contributed by atoms with E-state index in [1.165, 1.54) is 11.1 Å². The van der Waals surface area contributed by atoms with Crippen LogP contribution in [-0.2, 0) is 16.4 Å². The molecule has 3 aromatic carbocycles. The summed E-state index contributed by atoms with van der Waals surface area (Å²) in [5.41, 5.74) is 5.19. The van der Waals surface area contributed by atoms with Crippen molar-refractivity contribution in [3.8, 4) is 0 Å². The summed E-state index contributed by atoms with van der Waals surface area (Å²) in [5, 5.41) is 0.574. The van der Waals surface area contributed by atoms with Gasteiger partial charge in [0.05, 0.1) is 10.9 Å². The Balaban J connectivity index is 1.90. The first-order chi connectivity index (χ1) is 13.4. The van der Waals surface area contributed by atoms with Crippen molar-refractivity contribution in [1.82, 2.24) is 4.31 Å². The lowest BCUT2D eigenvalue weighted by atomic mass is 9.89. The Bertz CT molecular complexity index is 1120. The van der Waals surface area contributed by atoms with Gasteiger partial charge in [-0.3, -0.25) is 0 Å². The molecule has 1 atom stereocenters. The number of sulfonamides is 1. The molecule has 4 rings (SSSR count). The summed E-state index contributed by atoms with van der Waals surface area (Å²) in [6, 6.07) is 20.3. The van der Waals surface area contributed by atoms with E-state index >= 15 is 0 Å². The minimum Gasteiger partial charge on any atom is -0.207 e. The summed E-state index contributed by atoms with van der Waals surface area (Å²) < 4.78 is 28.7. The van der Waals surface area contributed by atoms with Crippen LogP contribution in [0.4, 0.5) is 0 Å². The van der Waals surface area contributed by atoms with Crippen molar-refractivity contribution >= 4 is 21.6 Å². The SMILES string of the molecule is Cc1ccc(S(=O)(=O)N2CCc3cc(C)ccc3C2c2ccccc2Cl)cc1. The largest absolute Gasteiger partial charge is 0.243 e. The minimum atomic E-state index is -3.67. The molecule has 0 radical (unpaired) electrons. The van der Waals surface area contributed by atoms with Gasteiger partial charge in [0, 0.05) is 11.6 Å². The predicted octanol–water partition coefficient (Wildman–Crippen LogP) is 5.29. The molecule has 0 spiro atoms. The number of rotatable bonds is 3. The lowest BCUT2D eigenvalue weighted by molar-refractivity contribution is 0.344. The van der Waals surface area contributed by atoms with E-state index in [9.17, 15) is 8.42 Å². The fourth-order valence-corrected chi connectivity index (χ4v) is 5.68. The van der Waals surface area contributed by atoms with E-state index < -0.39 is 16.1 Å². The Morgan fingerprint density at radius 2 is 1.57 bits per heavy atom. The second-order valence-corrected chi connectivity index (χ2v) is 9.60. The highest BCUT2D eigenvalue weighted by Crippen LogP contribution is 2.41. The maximum absolute atomic E-state index is 13.6. The van der Waals surface area contributed by atoms with Crippen LogP contribution in [0.2, 0.25) is 5.02 Å². The average Bonchev–Trinajstić information content (AvgIpc) is 2.67. The van der Waals surface area contributed by atoms with Crippen LogP contribution in [-0.4, -0.2) is 19.3 Å². The van der Waals surface area contributed by atoms with Crippen molar-refractivity contribution in [3.05, 3.63) is 99.6 Å². The van der Waals surface area contributed by atoms with Gasteiger partial charge < -0.3 is 0 Å². The van der Waals surface area contributed by atoms with Crippen LogP contribution in [0.25, 0.3) is 0 Å². The second-order valence-electron chi connectivity index (χ2n) is 7.31. The molecule has 3 aromatic rings. The molecule has 1 aliphatic heterocycles. The molecule has 5 heteroatoms. The van der Waals surface area contributed by atoms with Crippen LogP contribution >= 0.6 is 11.6 Å². The standard InChI is InChI=1S/C23H22ClNO2S/c1-16-7-10-19(11-8-16)28(26,27)25-14-13-18-15-17(2)9-12-20(18)23(25)21-5-3-4-6-22(21)24/h3-12,15,23H,13-14H2,1-2H3. The van der Waals surface area contributed by atoms with E-state index in [2.05, 4.69) is 13.0 Å². The fraction of sp³-hybridized carbons (Fsp3) is 0.217. The van der Waals surface area contributed by atoms with Gasteiger partial charge in [0.15, 0.2) is 0 Å². The highest BCUT2D eigenvalue weighted by molar-refractivity contribution is 7.89. The monoisotopic (exact) mass is 411 g/mol. The molecule has 1 unspecified atom stereocenters. The van der Waals surface area contributed by atoms with Gasteiger partial charge in [-0.15, -0.1) is 0 Å². The number of nitrogens with zero attached hydrogens (tertiary/aromatic N) is 1. The van der Waals surface area contributed by atoms with E-state index in [1.807, 2.05) is 55.5 Å². The third-order valence-electron chi connectivity index (χ3n) is 5.31. The first-order valence-electron chi connectivity index (χ1n) is 9.30. The molecular weight excluding hydrogens is 390 g/mol. The number of hydrogen-bond acceptors (Lipinski definition) is 2. The molecule has 0 fully saturated rings. The van der Waals surface area contributed by atoms with E-state index in [1.54, 1.807) is 16.4 Å². The quantitative estimate of drug-likeness (QED) is 0.587. The maximum Gasteiger partial charge on any atom is 0.243 e. The third kappa shape index (κ3) is 3.37. The number of hydrogen-bond donors (Lipinski definition) is 0. The molecule has 0 amide bonds. The average molecular weight is 412 g/mol. The summed E-state index contributed by atoms with van der Waals surface area (Å²) in [4.78, 5) is 0.311. The Morgan fingerprint density at radius 1 is 0.893 bits per heavy atom. The summed E-state index contributed by atoms with van der Waals surface area (Å²) in [7, 11) is -3.67. The van der Waals surface area contributed by atoms with Gasteiger partial charge in [-0.2, -0.15) is 4.31 Å². The Kier molecular flexibility index (Phi) is 5.04. The minimum absolute atomic E-state index is 0.311. The van der Waals surface area contributed by atoms with Crippen LogP contribution in [0.1, 0.15) is 33.9 Å². The fourth-order valence-electron chi connectivity index (χ4n) is 3.86. The van der Waals surface area contributed by atoms with Gasteiger partial charge >= 0.3 is 0 Å². The van der Waals surface area contributed by atoms with Gasteiger partial charge in [0.1, 0.15) is 0 Å². The first kappa shape index (κ1) is 19.2. The summed E-state index contributed by atoms with van der Waals surface area (Å²) in [6.07, 6.45) is 0.684. The van der Waals surface area contributed by atoms with E-state index in [0.717, 1.165) is 16.7 Å². The molecule has 28 heavy (non-hydrogen) atoms. The zero-order valence-corrected chi connectivity index (χ0v) is 17.5. The number of halogens is 1. The zero-order valence-electron chi connectivity index (χ0n) is 15.9. The Hall–Kier alpha value is -2.14. The highest BCUT2D eigenvalue weighted by Gasteiger charge is 2.38. The lowest BCUT2D eigenvalue weighted by Gasteiger charge is -2.37. The van der Waals surface area contributed by atoms with Crippen molar-refractivity contribution in [1.29, 1.82) is 0 Å². The van der Waals surface area contributed by atoms with Crippen LogP contribution in [0, 0.1) is 13.8 Å². The Morgan fingerprint density at radius 3 is 2.29 bits per heavy atom. The van der Waals surface area contributed by atoms with Crippen molar-refractivity contribution in [2.24, 2.45) is 0 Å². The molecule has 1 aliphatic rings. The first-order valence-corrected chi connectivity index (χ1v) is 11.1. The van der Waals surface area contributed by atoms with Crippen molar-refractivity contribution in [3.63, 3.8) is 0 Å². The molecule has 1 heterocycles. The molecule has 0 saturated heterocycles. The molecule has 0 saturated carbocycles. The third-order valence-corrected chi connectivity index (χ3v) is 7.53. The summed E-state index contributed by atoms with van der Waals surface area (Å²) in [6.45, 7) is 4.42. The van der Waals surface area contributed by atoms with Crippen molar-refractivity contribution in [2.45, 2.75) is 31.2 Å². The van der Waals surface area contributed by atoms with Crippen LogP contribution < -0.4 is 0 Å². The molecule has 0 aromatic heterocycles. The molecular formula is C23H22ClNO2S. The van der Waals surface area contributed by atoms with Gasteiger partial charge in [0.2, 0.25) is 10.0 Å². The van der Waals surface area contributed by atoms with Crippen LogP contribution in [0.3, 0.4) is 0 Å². The van der Waals surface area contributed by atoms with Gasteiger partial charge in [-0.25, -0.2) is 8.42 Å². The van der Waals surface area contributed by atoms with Crippen LogP contribution in [0.5, 0.6) is 0 Å². The summed E-state index contributed by atoms with van der Waals surface area (Å²) in [5.74, 6) is 0.